The number of carbonyl (C=O) groups excluding carboxylic acids is 2. The zero-order valence-corrected chi connectivity index (χ0v) is 19.9. The molecule has 1 saturated heterocycles. The fourth-order valence-corrected chi connectivity index (χ4v) is 4.23. The van der Waals surface area contributed by atoms with Crippen LogP contribution in [0.4, 0.5) is 5.69 Å². The SMILES string of the molecule is COc1cccc(NC(=O)COc2ccc(C(=O)NC[C@@H](c3ccccc3)N3CCCC3)cc2)c1. The standard InChI is InChI=1S/C28H31N3O4/c1-34-25-11-7-10-23(18-25)30-27(32)20-35-24-14-12-22(13-15-24)28(33)29-19-26(31-16-5-6-17-31)21-8-3-2-4-9-21/h2-4,7-15,18,26H,5-6,16-17,19-20H2,1H3,(H,29,33)(H,30,32)/t26-/m0/s1. The van der Waals surface area contributed by atoms with Crippen molar-refractivity contribution in [1.82, 2.24) is 10.2 Å². The number of benzene rings is 3. The van der Waals surface area contributed by atoms with Gasteiger partial charge in [0.1, 0.15) is 11.5 Å². The number of amides is 2. The maximum atomic E-state index is 12.8. The molecule has 3 aromatic carbocycles. The van der Waals surface area contributed by atoms with Crippen molar-refractivity contribution in [2.45, 2.75) is 18.9 Å². The van der Waals surface area contributed by atoms with Crippen LogP contribution in [0.3, 0.4) is 0 Å². The molecule has 0 radical (unpaired) electrons. The fraction of sp³-hybridized carbons (Fsp3) is 0.286. The first kappa shape index (κ1) is 24.3. The smallest absolute Gasteiger partial charge is 0.262 e. The van der Waals surface area contributed by atoms with Crippen LogP contribution >= 0.6 is 0 Å². The summed E-state index contributed by atoms with van der Waals surface area (Å²) in [6, 6.07) is 24.4. The van der Waals surface area contributed by atoms with Crippen LogP contribution in [-0.2, 0) is 4.79 Å². The quantitative estimate of drug-likeness (QED) is 0.460. The maximum Gasteiger partial charge on any atom is 0.262 e. The van der Waals surface area contributed by atoms with E-state index in [4.69, 9.17) is 9.47 Å². The van der Waals surface area contributed by atoms with Gasteiger partial charge in [-0.1, -0.05) is 36.4 Å². The largest absolute Gasteiger partial charge is 0.497 e. The van der Waals surface area contributed by atoms with Crippen molar-refractivity contribution >= 4 is 17.5 Å². The number of ether oxygens (including phenoxy) is 2. The Kier molecular flexibility index (Phi) is 8.35. The Morgan fingerprint density at radius 3 is 2.37 bits per heavy atom. The lowest BCUT2D eigenvalue weighted by Crippen LogP contribution is -2.36. The van der Waals surface area contributed by atoms with E-state index in [1.165, 1.54) is 18.4 Å². The molecule has 7 nitrogen and oxygen atoms in total. The summed E-state index contributed by atoms with van der Waals surface area (Å²) >= 11 is 0. The molecule has 0 aliphatic carbocycles. The monoisotopic (exact) mass is 473 g/mol. The third kappa shape index (κ3) is 6.83. The van der Waals surface area contributed by atoms with E-state index < -0.39 is 0 Å². The number of hydrogen-bond donors (Lipinski definition) is 2. The number of rotatable bonds is 10. The van der Waals surface area contributed by atoms with Gasteiger partial charge >= 0.3 is 0 Å². The highest BCUT2D eigenvalue weighted by Gasteiger charge is 2.24. The summed E-state index contributed by atoms with van der Waals surface area (Å²) < 4.78 is 10.7. The molecule has 7 heteroatoms. The van der Waals surface area contributed by atoms with Gasteiger partial charge in [0.15, 0.2) is 6.61 Å². The topological polar surface area (TPSA) is 79.9 Å². The minimum absolute atomic E-state index is 0.132. The van der Waals surface area contributed by atoms with Gasteiger partial charge in [0.05, 0.1) is 13.2 Å². The summed E-state index contributed by atoms with van der Waals surface area (Å²) in [7, 11) is 1.57. The molecule has 1 aliphatic heterocycles. The first-order valence-electron chi connectivity index (χ1n) is 11.9. The van der Waals surface area contributed by atoms with Crippen molar-refractivity contribution in [1.29, 1.82) is 0 Å². The van der Waals surface area contributed by atoms with Gasteiger partial charge in [0.2, 0.25) is 0 Å². The summed E-state index contributed by atoms with van der Waals surface area (Å²) in [6.45, 7) is 2.50. The molecule has 1 atom stereocenters. The second-order valence-electron chi connectivity index (χ2n) is 8.47. The number of hydrogen-bond acceptors (Lipinski definition) is 5. The minimum Gasteiger partial charge on any atom is -0.497 e. The van der Waals surface area contributed by atoms with Crippen molar-refractivity contribution < 1.29 is 19.1 Å². The lowest BCUT2D eigenvalue weighted by atomic mass is 10.1. The van der Waals surface area contributed by atoms with Crippen LogP contribution < -0.4 is 20.1 Å². The molecule has 2 amide bonds. The van der Waals surface area contributed by atoms with Crippen LogP contribution in [-0.4, -0.2) is 50.1 Å². The number of nitrogens with zero attached hydrogens (tertiary/aromatic N) is 1. The van der Waals surface area contributed by atoms with E-state index in [1.807, 2.05) is 18.2 Å². The van der Waals surface area contributed by atoms with Crippen LogP contribution in [0.2, 0.25) is 0 Å². The van der Waals surface area contributed by atoms with E-state index in [0.29, 0.717) is 29.3 Å². The Bertz CT molecular complexity index is 1110. The predicted octanol–water partition coefficient (Wildman–Crippen LogP) is 4.28. The normalized spacial score (nSPS) is 14.2. The molecule has 0 saturated carbocycles. The van der Waals surface area contributed by atoms with Gasteiger partial charge in [0.25, 0.3) is 11.8 Å². The van der Waals surface area contributed by atoms with Crippen LogP contribution in [0, 0.1) is 0 Å². The first-order valence-corrected chi connectivity index (χ1v) is 11.9. The summed E-state index contributed by atoms with van der Waals surface area (Å²) in [5, 5.41) is 5.85. The zero-order chi connectivity index (χ0) is 24.5. The van der Waals surface area contributed by atoms with Crippen LogP contribution in [0.5, 0.6) is 11.5 Å². The summed E-state index contributed by atoms with van der Waals surface area (Å²) in [4.78, 5) is 27.4. The lowest BCUT2D eigenvalue weighted by molar-refractivity contribution is -0.118. The molecular formula is C28H31N3O4. The summed E-state index contributed by atoms with van der Waals surface area (Å²) in [6.07, 6.45) is 2.38. The molecule has 0 unspecified atom stereocenters. The van der Waals surface area contributed by atoms with E-state index in [-0.39, 0.29) is 24.5 Å². The molecule has 0 spiro atoms. The Morgan fingerprint density at radius 2 is 1.66 bits per heavy atom. The minimum atomic E-state index is -0.283. The molecule has 35 heavy (non-hydrogen) atoms. The number of likely N-dealkylation sites (tertiary alicyclic amines) is 1. The second-order valence-corrected chi connectivity index (χ2v) is 8.47. The van der Waals surface area contributed by atoms with E-state index >= 15 is 0 Å². The van der Waals surface area contributed by atoms with Gasteiger partial charge in [-0.3, -0.25) is 14.5 Å². The second kappa shape index (κ2) is 12.0. The average molecular weight is 474 g/mol. The highest BCUT2D eigenvalue weighted by molar-refractivity contribution is 5.94. The molecule has 0 aromatic heterocycles. The molecule has 4 rings (SSSR count). The predicted molar refractivity (Wildman–Crippen MR) is 136 cm³/mol. The molecule has 182 valence electrons. The lowest BCUT2D eigenvalue weighted by Gasteiger charge is -2.28. The fourth-order valence-electron chi connectivity index (χ4n) is 4.23. The third-order valence-corrected chi connectivity index (χ3v) is 6.06. The van der Waals surface area contributed by atoms with E-state index in [9.17, 15) is 9.59 Å². The summed E-state index contributed by atoms with van der Waals surface area (Å²) in [5.74, 6) is 0.760. The number of methoxy groups -OCH3 is 1. The molecule has 1 aliphatic rings. The third-order valence-electron chi connectivity index (χ3n) is 6.06. The highest BCUT2D eigenvalue weighted by Crippen LogP contribution is 2.24. The zero-order valence-electron chi connectivity index (χ0n) is 19.9. The van der Waals surface area contributed by atoms with Crippen molar-refractivity contribution in [2.75, 3.05) is 38.7 Å². The van der Waals surface area contributed by atoms with Gasteiger partial charge in [-0.15, -0.1) is 0 Å². The summed E-state index contributed by atoms with van der Waals surface area (Å²) in [5.41, 5.74) is 2.39. The maximum absolute atomic E-state index is 12.8. The number of carbonyl (C=O) groups is 2. The molecule has 2 N–H and O–H groups in total. The number of anilines is 1. The van der Waals surface area contributed by atoms with E-state index in [2.05, 4.69) is 27.7 Å². The molecule has 1 heterocycles. The van der Waals surface area contributed by atoms with Crippen LogP contribution in [0.1, 0.15) is 34.8 Å². The van der Waals surface area contributed by atoms with Crippen molar-refractivity contribution in [3.05, 3.63) is 90.0 Å². The molecule has 0 bridgehead atoms. The molecule has 3 aromatic rings. The Labute approximate surface area is 206 Å². The first-order chi connectivity index (χ1) is 17.1. The van der Waals surface area contributed by atoms with Gasteiger partial charge in [-0.2, -0.15) is 0 Å². The van der Waals surface area contributed by atoms with Crippen molar-refractivity contribution in [3.8, 4) is 11.5 Å². The van der Waals surface area contributed by atoms with E-state index in [1.54, 1.807) is 55.6 Å². The molecule has 1 fully saturated rings. The van der Waals surface area contributed by atoms with Crippen LogP contribution in [0.15, 0.2) is 78.9 Å². The Balaban J connectivity index is 1.28. The van der Waals surface area contributed by atoms with Crippen molar-refractivity contribution in [2.24, 2.45) is 0 Å². The average Bonchev–Trinajstić information content (AvgIpc) is 3.43. The van der Waals surface area contributed by atoms with Gasteiger partial charge < -0.3 is 20.1 Å². The number of nitrogens with one attached hydrogen (secondary N) is 2. The van der Waals surface area contributed by atoms with Gasteiger partial charge in [0, 0.05) is 23.9 Å². The Hall–Kier alpha value is -3.84. The van der Waals surface area contributed by atoms with Gasteiger partial charge in [-0.25, -0.2) is 0 Å². The van der Waals surface area contributed by atoms with E-state index in [0.717, 1.165) is 13.1 Å². The Morgan fingerprint density at radius 1 is 0.914 bits per heavy atom. The highest BCUT2D eigenvalue weighted by atomic mass is 16.5. The van der Waals surface area contributed by atoms with Crippen molar-refractivity contribution in [3.63, 3.8) is 0 Å². The molecular weight excluding hydrogens is 442 g/mol. The van der Waals surface area contributed by atoms with Gasteiger partial charge in [-0.05, 0) is 67.9 Å². The van der Waals surface area contributed by atoms with Crippen LogP contribution in [0.25, 0.3) is 0 Å².